The van der Waals surface area contributed by atoms with Gasteiger partial charge in [0, 0.05) is 32.8 Å². The molecule has 2 heterocycles. The molecule has 0 aliphatic carbocycles. The summed E-state index contributed by atoms with van der Waals surface area (Å²) in [5, 5.41) is 12.2. The maximum Gasteiger partial charge on any atom is 0.317 e. The number of nitrogens with one attached hydrogen (secondary N) is 1. The summed E-state index contributed by atoms with van der Waals surface area (Å²) >= 11 is 0. The van der Waals surface area contributed by atoms with Gasteiger partial charge in [-0.25, -0.2) is 9.78 Å². The third kappa shape index (κ3) is 3.70. The number of fused-ring (bicyclic) bond motifs is 1. The number of carbonyl (C=O) groups excluding carboxylic acids is 1. The molecule has 0 unspecified atom stereocenters. The fourth-order valence-corrected chi connectivity index (χ4v) is 3.34. The molecule has 1 aliphatic heterocycles. The lowest BCUT2D eigenvalue weighted by Crippen LogP contribution is -2.45. The molecule has 2 aromatic rings. The van der Waals surface area contributed by atoms with Crippen LogP contribution in [-0.4, -0.2) is 51.8 Å². The van der Waals surface area contributed by atoms with E-state index in [-0.39, 0.29) is 12.6 Å². The Labute approximate surface area is 142 Å². The Bertz CT molecular complexity index is 689. The summed E-state index contributed by atoms with van der Waals surface area (Å²) in [4.78, 5) is 18.6. The van der Waals surface area contributed by atoms with Crippen molar-refractivity contribution in [1.29, 1.82) is 0 Å². The molecule has 2 N–H and O–H groups in total. The first kappa shape index (κ1) is 16.8. The summed E-state index contributed by atoms with van der Waals surface area (Å²) in [7, 11) is 0. The average Bonchev–Trinajstić information content (AvgIpc) is 2.94. The number of aromatic nitrogens is 2. The van der Waals surface area contributed by atoms with Gasteiger partial charge in [0.15, 0.2) is 0 Å². The van der Waals surface area contributed by atoms with Crippen LogP contribution in [0.2, 0.25) is 0 Å². The SMILES string of the molecule is Cc1nc2ccccc2n1CCCNC(=O)N1CCC(CO)CC1. The minimum Gasteiger partial charge on any atom is -0.396 e. The number of aliphatic hydroxyl groups is 1. The molecule has 6 nitrogen and oxygen atoms in total. The number of likely N-dealkylation sites (tertiary alicyclic amines) is 1. The Morgan fingerprint density at radius 2 is 2.08 bits per heavy atom. The van der Waals surface area contributed by atoms with E-state index >= 15 is 0 Å². The maximum atomic E-state index is 12.2. The van der Waals surface area contributed by atoms with Gasteiger partial charge in [-0.3, -0.25) is 0 Å². The van der Waals surface area contributed by atoms with Crippen molar-refractivity contribution in [2.45, 2.75) is 32.7 Å². The number of nitrogens with zero attached hydrogens (tertiary/aromatic N) is 3. The number of aliphatic hydroxyl groups excluding tert-OH is 1. The smallest absolute Gasteiger partial charge is 0.317 e. The van der Waals surface area contributed by atoms with Crippen LogP contribution in [0.1, 0.15) is 25.1 Å². The van der Waals surface area contributed by atoms with Crippen molar-refractivity contribution in [3.05, 3.63) is 30.1 Å². The van der Waals surface area contributed by atoms with E-state index in [0.717, 1.165) is 55.8 Å². The van der Waals surface area contributed by atoms with E-state index in [2.05, 4.69) is 20.9 Å². The van der Waals surface area contributed by atoms with Gasteiger partial charge < -0.3 is 19.9 Å². The number of aryl methyl sites for hydroxylation is 2. The van der Waals surface area contributed by atoms with Crippen molar-refractivity contribution in [3.8, 4) is 0 Å². The molecule has 6 heteroatoms. The highest BCUT2D eigenvalue weighted by molar-refractivity contribution is 5.76. The van der Waals surface area contributed by atoms with E-state index in [1.165, 1.54) is 0 Å². The topological polar surface area (TPSA) is 70.4 Å². The number of imidazole rings is 1. The van der Waals surface area contributed by atoms with E-state index in [0.29, 0.717) is 12.5 Å². The highest BCUT2D eigenvalue weighted by atomic mass is 16.3. The van der Waals surface area contributed by atoms with Crippen LogP contribution in [0, 0.1) is 12.8 Å². The number of urea groups is 1. The summed E-state index contributed by atoms with van der Waals surface area (Å²) in [5.41, 5.74) is 2.16. The molecule has 130 valence electrons. The highest BCUT2D eigenvalue weighted by Gasteiger charge is 2.21. The van der Waals surface area contributed by atoms with Crippen LogP contribution in [0.15, 0.2) is 24.3 Å². The van der Waals surface area contributed by atoms with Gasteiger partial charge in [-0.2, -0.15) is 0 Å². The number of hydrogen-bond acceptors (Lipinski definition) is 3. The van der Waals surface area contributed by atoms with E-state index in [9.17, 15) is 4.79 Å². The number of carbonyl (C=O) groups is 1. The predicted octanol–water partition coefficient (Wildman–Crippen LogP) is 2.15. The molecule has 0 bridgehead atoms. The van der Waals surface area contributed by atoms with Gasteiger partial charge in [-0.05, 0) is 44.2 Å². The summed E-state index contributed by atoms with van der Waals surface area (Å²) in [6, 6.07) is 8.14. The molecule has 1 fully saturated rings. The van der Waals surface area contributed by atoms with Gasteiger partial charge in [-0.1, -0.05) is 12.1 Å². The first-order chi connectivity index (χ1) is 11.7. The lowest BCUT2D eigenvalue weighted by molar-refractivity contribution is 0.137. The van der Waals surface area contributed by atoms with Crippen LogP contribution in [0.4, 0.5) is 4.79 Å². The number of piperidine rings is 1. The van der Waals surface area contributed by atoms with Crippen LogP contribution in [0.5, 0.6) is 0 Å². The van der Waals surface area contributed by atoms with Crippen molar-refractivity contribution in [1.82, 2.24) is 19.8 Å². The van der Waals surface area contributed by atoms with Gasteiger partial charge in [-0.15, -0.1) is 0 Å². The summed E-state index contributed by atoms with van der Waals surface area (Å²) in [6.45, 7) is 5.23. The van der Waals surface area contributed by atoms with Crippen molar-refractivity contribution < 1.29 is 9.90 Å². The average molecular weight is 330 g/mol. The molecule has 24 heavy (non-hydrogen) atoms. The van der Waals surface area contributed by atoms with Crippen LogP contribution in [-0.2, 0) is 6.54 Å². The molecule has 1 aliphatic rings. The zero-order valence-corrected chi connectivity index (χ0v) is 14.2. The van der Waals surface area contributed by atoms with Crippen molar-refractivity contribution in [3.63, 3.8) is 0 Å². The maximum absolute atomic E-state index is 12.2. The van der Waals surface area contributed by atoms with E-state index in [1.54, 1.807) is 0 Å². The molecule has 2 amide bonds. The van der Waals surface area contributed by atoms with Gasteiger partial charge in [0.2, 0.25) is 0 Å². The molecule has 0 atom stereocenters. The second kappa shape index (κ2) is 7.66. The van der Waals surface area contributed by atoms with Crippen LogP contribution in [0.25, 0.3) is 11.0 Å². The fraction of sp³-hybridized carbons (Fsp3) is 0.556. The third-order valence-corrected chi connectivity index (χ3v) is 4.84. The predicted molar refractivity (Wildman–Crippen MR) is 93.9 cm³/mol. The molecule has 0 spiro atoms. The molecule has 1 saturated heterocycles. The van der Waals surface area contributed by atoms with Gasteiger partial charge in [0.25, 0.3) is 0 Å². The zero-order chi connectivity index (χ0) is 16.9. The molecule has 0 radical (unpaired) electrons. The van der Waals surface area contributed by atoms with Gasteiger partial charge >= 0.3 is 6.03 Å². The lowest BCUT2D eigenvalue weighted by Gasteiger charge is -2.31. The van der Waals surface area contributed by atoms with Crippen LogP contribution in [0.3, 0.4) is 0 Å². The summed E-state index contributed by atoms with van der Waals surface area (Å²) < 4.78 is 2.20. The van der Waals surface area contributed by atoms with Crippen LogP contribution >= 0.6 is 0 Å². The van der Waals surface area contributed by atoms with Crippen molar-refractivity contribution in [2.24, 2.45) is 5.92 Å². The highest BCUT2D eigenvalue weighted by Crippen LogP contribution is 2.17. The van der Waals surface area contributed by atoms with Crippen molar-refractivity contribution in [2.75, 3.05) is 26.2 Å². The van der Waals surface area contributed by atoms with Crippen LogP contribution < -0.4 is 5.32 Å². The first-order valence-corrected chi connectivity index (χ1v) is 8.74. The second-order valence-electron chi connectivity index (χ2n) is 6.50. The number of amides is 2. The Morgan fingerprint density at radius 1 is 1.33 bits per heavy atom. The molecule has 1 aromatic heterocycles. The Morgan fingerprint density at radius 3 is 2.83 bits per heavy atom. The van der Waals surface area contributed by atoms with E-state index in [4.69, 9.17) is 5.11 Å². The fourth-order valence-electron chi connectivity index (χ4n) is 3.34. The number of para-hydroxylation sites is 2. The monoisotopic (exact) mass is 330 g/mol. The van der Waals surface area contributed by atoms with E-state index < -0.39 is 0 Å². The van der Waals surface area contributed by atoms with Gasteiger partial charge in [0.1, 0.15) is 5.82 Å². The Balaban J connectivity index is 1.45. The Kier molecular flexibility index (Phi) is 5.35. The lowest BCUT2D eigenvalue weighted by atomic mass is 9.98. The minimum absolute atomic E-state index is 0.0126. The van der Waals surface area contributed by atoms with Gasteiger partial charge in [0.05, 0.1) is 11.0 Å². The molecular formula is C18H26N4O2. The second-order valence-corrected chi connectivity index (χ2v) is 6.50. The minimum atomic E-state index is 0.0126. The summed E-state index contributed by atoms with van der Waals surface area (Å²) in [6.07, 6.45) is 2.66. The third-order valence-electron chi connectivity index (χ3n) is 4.84. The number of rotatable bonds is 5. The largest absolute Gasteiger partial charge is 0.396 e. The zero-order valence-electron chi connectivity index (χ0n) is 14.2. The molecule has 1 aromatic carbocycles. The summed E-state index contributed by atoms with van der Waals surface area (Å²) in [5.74, 6) is 1.36. The molecule has 3 rings (SSSR count). The normalized spacial score (nSPS) is 15.8. The first-order valence-electron chi connectivity index (χ1n) is 8.74. The quantitative estimate of drug-likeness (QED) is 0.825. The molecular weight excluding hydrogens is 304 g/mol. The Hall–Kier alpha value is -2.08. The number of benzene rings is 1. The standard InChI is InChI=1S/C18H26N4O2/c1-14-20-16-5-2-3-6-17(16)22(14)10-4-9-19-18(24)21-11-7-15(13-23)8-12-21/h2-3,5-6,15,23H,4,7-13H2,1H3,(H,19,24). The number of hydrogen-bond donors (Lipinski definition) is 2. The van der Waals surface area contributed by atoms with E-state index in [1.807, 2.05) is 30.0 Å². The molecule has 0 saturated carbocycles. The van der Waals surface area contributed by atoms with Crippen molar-refractivity contribution >= 4 is 17.1 Å².